The molecule has 0 aromatic heterocycles. The van der Waals surface area contributed by atoms with Crippen molar-refractivity contribution in [3.63, 3.8) is 0 Å². The largest absolute Gasteiger partial charge is 0.468 e. The second-order valence-corrected chi connectivity index (χ2v) is 11.5. The van der Waals surface area contributed by atoms with E-state index in [9.17, 15) is 73.7 Å². The first-order valence-electron chi connectivity index (χ1n) is 14.9. The van der Waals surface area contributed by atoms with Crippen molar-refractivity contribution in [1.29, 1.82) is 21.0 Å². The minimum Gasteiger partial charge on any atom is -0.468 e. The minimum absolute atomic E-state index is 0.0154. The zero-order chi connectivity index (χ0) is 41.7. The maximum atomic E-state index is 15.0. The Morgan fingerprint density at radius 3 is 1.07 bits per heavy atom. The van der Waals surface area contributed by atoms with E-state index in [4.69, 9.17) is 0 Å². The summed E-state index contributed by atoms with van der Waals surface area (Å²) in [5.74, 6) is -6.34. The number of alkyl halides is 12. The Balaban J connectivity index is 1.68. The first kappa shape index (κ1) is 40.4. The summed E-state index contributed by atoms with van der Waals surface area (Å²) in [7, 11) is 0. The molecule has 286 valence electrons. The fourth-order valence-corrected chi connectivity index (χ4v) is 5.69. The number of benzene rings is 4. The zero-order valence-electron chi connectivity index (χ0n) is 26.8. The molecule has 0 saturated heterocycles. The van der Waals surface area contributed by atoms with Crippen LogP contribution < -0.4 is 9.47 Å². The van der Waals surface area contributed by atoms with Gasteiger partial charge in [0.15, 0.2) is 23.1 Å². The van der Waals surface area contributed by atoms with Crippen molar-refractivity contribution in [3.8, 4) is 69.2 Å². The molecule has 0 N–H and O–H groups in total. The Kier molecular flexibility index (Phi) is 10.2. The van der Waals surface area contributed by atoms with E-state index in [1.807, 2.05) is 0 Å². The molecule has 6 nitrogen and oxygen atoms in total. The van der Waals surface area contributed by atoms with E-state index in [2.05, 4.69) is 9.47 Å². The van der Waals surface area contributed by atoms with Gasteiger partial charge in [-0.1, -0.05) is 12.1 Å². The standard InChI is InChI=1S/C36H12F14N4O2/c37-26-7-15(1-3-28(26)55-31(33(39,40)41)34(42,43)44)20-9-22-23-10-21(16-2-4-29(27(38)8-16)56-32(35(45,46)47)36(48,49)50)18(12-52)6-25(23)30(19(13-53)14-54)24(22)5-17(20)11-51/h1-10,31-32H. The van der Waals surface area contributed by atoms with Crippen LogP contribution in [0, 0.1) is 57.0 Å². The van der Waals surface area contributed by atoms with E-state index in [-0.39, 0.29) is 61.2 Å². The lowest BCUT2D eigenvalue weighted by molar-refractivity contribution is -0.301. The average Bonchev–Trinajstić information content (AvgIpc) is 3.39. The Morgan fingerprint density at radius 1 is 0.464 bits per heavy atom. The van der Waals surface area contributed by atoms with Crippen molar-refractivity contribution < 1.29 is 70.9 Å². The van der Waals surface area contributed by atoms with Crippen LogP contribution >= 0.6 is 0 Å². The van der Waals surface area contributed by atoms with Crippen molar-refractivity contribution in [2.24, 2.45) is 0 Å². The molecule has 0 heterocycles. The van der Waals surface area contributed by atoms with Gasteiger partial charge in [-0.15, -0.1) is 0 Å². The monoisotopic (exact) mass is 798 g/mol. The second kappa shape index (κ2) is 14.1. The number of allylic oxidation sites excluding steroid dienone is 1. The molecule has 4 aromatic carbocycles. The molecule has 0 amide bonds. The number of rotatable bonds is 6. The van der Waals surface area contributed by atoms with Gasteiger partial charge in [0.2, 0.25) is 0 Å². The van der Waals surface area contributed by atoms with Crippen LogP contribution in [-0.2, 0) is 0 Å². The highest BCUT2D eigenvalue weighted by Gasteiger charge is 2.60. The SMILES string of the molecule is N#CC(C#N)=C1c2cc(C#N)c(-c3ccc(OC(C(F)(F)F)C(F)(F)F)c(F)c3)cc2-c2cc(-c3ccc(OC(C(F)(F)F)C(F)(F)F)c(F)c3)c(C#N)cc21. The van der Waals surface area contributed by atoms with E-state index >= 15 is 8.78 Å². The van der Waals surface area contributed by atoms with E-state index in [1.54, 1.807) is 24.3 Å². The third-order valence-corrected chi connectivity index (χ3v) is 8.02. The summed E-state index contributed by atoms with van der Waals surface area (Å²) in [6.45, 7) is 0. The summed E-state index contributed by atoms with van der Waals surface area (Å²) in [5, 5.41) is 39.4. The van der Waals surface area contributed by atoms with Crippen LogP contribution in [0.15, 0.2) is 66.2 Å². The molecule has 0 unspecified atom stereocenters. The van der Waals surface area contributed by atoms with Gasteiger partial charge in [-0.25, -0.2) is 8.78 Å². The predicted molar refractivity (Wildman–Crippen MR) is 162 cm³/mol. The van der Waals surface area contributed by atoms with Gasteiger partial charge in [0.05, 0.1) is 23.3 Å². The molecule has 0 radical (unpaired) electrons. The van der Waals surface area contributed by atoms with Gasteiger partial charge >= 0.3 is 24.7 Å². The highest BCUT2D eigenvalue weighted by atomic mass is 19.4. The lowest BCUT2D eigenvalue weighted by Gasteiger charge is -2.24. The molecular weight excluding hydrogens is 786 g/mol. The van der Waals surface area contributed by atoms with E-state index in [0.717, 1.165) is 36.4 Å². The molecular formula is C36H12F14N4O2. The number of nitrogens with zero attached hydrogens (tertiary/aromatic N) is 4. The summed E-state index contributed by atoms with van der Waals surface area (Å²) in [4.78, 5) is 0. The van der Waals surface area contributed by atoms with Gasteiger partial charge in [0.25, 0.3) is 12.2 Å². The normalized spacial score (nSPS) is 12.7. The van der Waals surface area contributed by atoms with Crippen LogP contribution in [-0.4, -0.2) is 36.9 Å². The van der Waals surface area contributed by atoms with Gasteiger partial charge in [0.1, 0.15) is 17.7 Å². The Morgan fingerprint density at radius 2 is 0.804 bits per heavy atom. The van der Waals surface area contributed by atoms with Gasteiger partial charge in [0, 0.05) is 16.7 Å². The van der Waals surface area contributed by atoms with E-state index in [1.165, 1.54) is 0 Å². The first-order chi connectivity index (χ1) is 25.9. The molecule has 20 heteroatoms. The Labute approximate surface area is 303 Å². The second-order valence-electron chi connectivity index (χ2n) is 11.5. The minimum atomic E-state index is -5.99. The Hall–Kier alpha value is -6.80. The van der Waals surface area contributed by atoms with Gasteiger partial charge in [-0.3, -0.25) is 0 Å². The molecule has 0 saturated carbocycles. The van der Waals surface area contributed by atoms with Gasteiger partial charge in [-0.2, -0.15) is 73.7 Å². The quantitative estimate of drug-likeness (QED) is 0.125. The lowest BCUT2D eigenvalue weighted by Crippen LogP contribution is -2.46. The van der Waals surface area contributed by atoms with Crippen LogP contribution in [0.25, 0.3) is 39.0 Å². The van der Waals surface area contributed by atoms with Gasteiger partial charge < -0.3 is 9.47 Å². The highest BCUT2D eigenvalue weighted by Crippen LogP contribution is 2.50. The number of hydrogen-bond acceptors (Lipinski definition) is 6. The van der Waals surface area contributed by atoms with Crippen LogP contribution in [0.2, 0.25) is 0 Å². The molecule has 0 aliphatic heterocycles. The van der Waals surface area contributed by atoms with E-state index < -0.39 is 65.6 Å². The summed E-state index contributed by atoms with van der Waals surface area (Å²) in [6.07, 6.45) is -32.8. The number of ether oxygens (including phenoxy) is 2. The van der Waals surface area contributed by atoms with Crippen molar-refractivity contribution in [3.05, 3.63) is 100 Å². The fraction of sp³-hybridized carbons (Fsp3) is 0.167. The summed E-state index contributed by atoms with van der Waals surface area (Å²) >= 11 is 0. The third kappa shape index (κ3) is 7.59. The summed E-state index contributed by atoms with van der Waals surface area (Å²) in [5.41, 5.74) is -2.36. The molecule has 56 heavy (non-hydrogen) atoms. The molecule has 4 aromatic rings. The fourth-order valence-electron chi connectivity index (χ4n) is 5.69. The first-order valence-corrected chi connectivity index (χ1v) is 14.9. The number of nitriles is 4. The van der Waals surface area contributed by atoms with Gasteiger partial charge in [-0.05, 0) is 81.9 Å². The number of halogens is 14. The Bertz CT molecular complexity index is 2270. The van der Waals surface area contributed by atoms with Crippen molar-refractivity contribution in [1.82, 2.24) is 0 Å². The van der Waals surface area contributed by atoms with Crippen molar-refractivity contribution in [2.75, 3.05) is 0 Å². The predicted octanol–water partition coefficient (Wildman–Crippen LogP) is 10.6. The van der Waals surface area contributed by atoms with E-state index in [0.29, 0.717) is 24.3 Å². The molecule has 0 fully saturated rings. The maximum Gasteiger partial charge on any atom is 0.434 e. The van der Waals surface area contributed by atoms with Crippen LogP contribution in [0.4, 0.5) is 61.5 Å². The molecule has 0 atom stereocenters. The van der Waals surface area contributed by atoms with Crippen molar-refractivity contribution in [2.45, 2.75) is 36.9 Å². The molecule has 1 aliphatic rings. The van der Waals surface area contributed by atoms with Crippen LogP contribution in [0.5, 0.6) is 11.5 Å². The van der Waals surface area contributed by atoms with Crippen LogP contribution in [0.1, 0.15) is 22.3 Å². The molecule has 0 bridgehead atoms. The zero-order valence-corrected chi connectivity index (χ0v) is 26.8. The summed E-state index contributed by atoms with van der Waals surface area (Å²) in [6, 6.07) is 14.8. The molecule has 1 aliphatic carbocycles. The van der Waals surface area contributed by atoms with Crippen molar-refractivity contribution >= 4 is 5.57 Å². The number of fused-ring (bicyclic) bond motifs is 3. The lowest BCUT2D eigenvalue weighted by atomic mass is 9.92. The highest BCUT2D eigenvalue weighted by molar-refractivity contribution is 6.07. The number of hydrogen-bond donors (Lipinski definition) is 0. The third-order valence-electron chi connectivity index (χ3n) is 8.02. The maximum absolute atomic E-state index is 15.0. The topological polar surface area (TPSA) is 114 Å². The molecule has 5 rings (SSSR count). The average molecular weight is 798 g/mol. The van der Waals surface area contributed by atoms with Crippen LogP contribution in [0.3, 0.4) is 0 Å². The smallest absolute Gasteiger partial charge is 0.434 e. The molecule has 0 spiro atoms. The summed E-state index contributed by atoms with van der Waals surface area (Å²) < 4.78 is 195.